The van der Waals surface area contributed by atoms with E-state index in [1.165, 1.54) is 0 Å². The number of rotatable bonds is 4. The van der Waals surface area contributed by atoms with Gasteiger partial charge in [0.15, 0.2) is 0 Å². The van der Waals surface area contributed by atoms with Crippen molar-refractivity contribution in [2.24, 2.45) is 0 Å². The Bertz CT molecular complexity index is 589. The maximum atomic E-state index is 8.64. The molecule has 0 atom stereocenters. The van der Waals surface area contributed by atoms with Crippen molar-refractivity contribution < 1.29 is 0 Å². The molecule has 92 valence electrons. The summed E-state index contributed by atoms with van der Waals surface area (Å²) in [6.07, 6.45) is 0.479. The third-order valence-corrected chi connectivity index (χ3v) is 3.13. The summed E-state index contributed by atoms with van der Waals surface area (Å²) in [5.74, 6) is 1.28. The lowest BCUT2D eigenvalue weighted by Crippen LogP contribution is -2.20. The predicted molar refractivity (Wildman–Crippen MR) is 74.8 cm³/mol. The van der Waals surface area contributed by atoms with Crippen molar-refractivity contribution in [3.05, 3.63) is 35.9 Å². The Morgan fingerprint density at radius 2 is 2.17 bits per heavy atom. The quantitative estimate of drug-likeness (QED) is 0.791. The lowest BCUT2D eigenvalue weighted by atomic mass is 10.1. The van der Waals surface area contributed by atoms with Gasteiger partial charge in [-0.25, -0.2) is 4.98 Å². The lowest BCUT2D eigenvalue weighted by molar-refractivity contribution is 0.882. The Labute approximate surface area is 112 Å². The molecule has 2 rings (SSSR count). The van der Waals surface area contributed by atoms with E-state index in [0.29, 0.717) is 18.8 Å². The normalized spacial score (nSPS) is 10.3. The molecular weight excluding hydrogens is 246 g/mol. The van der Waals surface area contributed by atoms with Gasteiger partial charge < -0.3 is 4.90 Å². The third kappa shape index (κ3) is 2.55. The van der Waals surface area contributed by atoms with Gasteiger partial charge in [0.2, 0.25) is 0 Å². The molecule has 0 aliphatic rings. The van der Waals surface area contributed by atoms with Crippen LogP contribution >= 0.6 is 11.6 Å². The van der Waals surface area contributed by atoms with E-state index < -0.39 is 0 Å². The van der Waals surface area contributed by atoms with E-state index in [9.17, 15) is 0 Å². The van der Waals surface area contributed by atoms with Crippen molar-refractivity contribution in [2.45, 2.75) is 12.3 Å². The predicted octanol–water partition coefficient (Wildman–Crippen LogP) is 3.32. The van der Waals surface area contributed by atoms with Crippen molar-refractivity contribution in [2.75, 3.05) is 18.5 Å². The molecule has 0 saturated carbocycles. The molecule has 0 fully saturated rings. The molecule has 0 unspecified atom stereocenters. The molecule has 4 heteroatoms. The molecule has 0 aliphatic carbocycles. The van der Waals surface area contributed by atoms with Crippen LogP contribution in [0.3, 0.4) is 0 Å². The summed E-state index contributed by atoms with van der Waals surface area (Å²) < 4.78 is 0. The van der Waals surface area contributed by atoms with Crippen LogP contribution in [0.5, 0.6) is 0 Å². The van der Waals surface area contributed by atoms with Gasteiger partial charge in [0.25, 0.3) is 0 Å². The minimum Gasteiger partial charge on any atom is -0.358 e. The molecule has 2 aromatic rings. The van der Waals surface area contributed by atoms with Gasteiger partial charge in [-0.2, -0.15) is 5.26 Å². The topological polar surface area (TPSA) is 39.9 Å². The first-order valence-electron chi connectivity index (χ1n) is 5.79. The molecule has 0 spiro atoms. The van der Waals surface area contributed by atoms with Gasteiger partial charge in [-0.1, -0.05) is 18.2 Å². The van der Waals surface area contributed by atoms with Crippen LogP contribution in [0.25, 0.3) is 10.9 Å². The van der Waals surface area contributed by atoms with E-state index >= 15 is 0 Å². The summed E-state index contributed by atoms with van der Waals surface area (Å²) in [5, 5.41) is 9.73. The number of alkyl halides is 1. The number of fused-ring (bicyclic) bond motifs is 1. The molecule has 0 saturated heterocycles. The highest BCUT2D eigenvalue weighted by molar-refractivity contribution is 6.17. The van der Waals surface area contributed by atoms with Gasteiger partial charge in [0.05, 0.1) is 23.9 Å². The summed E-state index contributed by atoms with van der Waals surface area (Å²) >= 11 is 5.98. The fourth-order valence-corrected chi connectivity index (χ4v) is 2.10. The number of pyridine rings is 1. The summed E-state index contributed by atoms with van der Waals surface area (Å²) in [4.78, 5) is 6.61. The summed E-state index contributed by atoms with van der Waals surface area (Å²) in [7, 11) is 1.94. The SMILES string of the molecule is CN(CCC#N)c1nc2ccccc2cc1CCl. The van der Waals surface area contributed by atoms with Crippen molar-refractivity contribution >= 4 is 28.3 Å². The molecule has 0 amide bonds. The minimum atomic E-state index is 0.421. The fourth-order valence-electron chi connectivity index (χ4n) is 1.90. The van der Waals surface area contributed by atoms with Gasteiger partial charge >= 0.3 is 0 Å². The van der Waals surface area contributed by atoms with Gasteiger partial charge in [-0.05, 0) is 12.1 Å². The van der Waals surface area contributed by atoms with Crippen LogP contribution in [0.15, 0.2) is 30.3 Å². The molecule has 0 bridgehead atoms. The second-order valence-corrected chi connectivity index (χ2v) is 4.39. The van der Waals surface area contributed by atoms with Gasteiger partial charge in [0, 0.05) is 24.5 Å². The number of anilines is 1. The Hall–Kier alpha value is -1.79. The van der Waals surface area contributed by atoms with Crippen LogP contribution in [0.2, 0.25) is 0 Å². The standard InChI is InChI=1S/C14H14ClN3/c1-18(8-4-7-16)14-12(10-15)9-11-5-2-3-6-13(11)17-14/h2-3,5-6,9H,4,8,10H2,1H3. The molecule has 3 nitrogen and oxygen atoms in total. The Morgan fingerprint density at radius 1 is 1.39 bits per heavy atom. The van der Waals surface area contributed by atoms with Crippen molar-refractivity contribution in [3.8, 4) is 6.07 Å². The monoisotopic (exact) mass is 259 g/mol. The average Bonchev–Trinajstić information content (AvgIpc) is 2.43. The Morgan fingerprint density at radius 3 is 2.89 bits per heavy atom. The smallest absolute Gasteiger partial charge is 0.133 e. The highest BCUT2D eigenvalue weighted by Gasteiger charge is 2.10. The molecule has 0 N–H and O–H groups in total. The van der Waals surface area contributed by atoms with E-state index in [1.807, 2.05) is 36.2 Å². The molecule has 0 aliphatic heterocycles. The first kappa shape index (κ1) is 12.7. The molecule has 1 aromatic heterocycles. The number of benzene rings is 1. The van der Waals surface area contributed by atoms with Crippen molar-refractivity contribution in [1.82, 2.24) is 4.98 Å². The van der Waals surface area contributed by atoms with Crippen LogP contribution in [-0.4, -0.2) is 18.6 Å². The number of hydrogen-bond acceptors (Lipinski definition) is 3. The van der Waals surface area contributed by atoms with Crippen LogP contribution in [0.1, 0.15) is 12.0 Å². The molecule has 1 aromatic carbocycles. The highest BCUT2D eigenvalue weighted by Crippen LogP contribution is 2.24. The van der Waals surface area contributed by atoms with Crippen LogP contribution in [0, 0.1) is 11.3 Å². The summed E-state index contributed by atoms with van der Waals surface area (Å²) in [5.41, 5.74) is 1.95. The van der Waals surface area contributed by atoms with Crippen molar-refractivity contribution in [3.63, 3.8) is 0 Å². The van der Waals surface area contributed by atoms with E-state index in [-0.39, 0.29) is 0 Å². The molecular formula is C14H14ClN3. The zero-order chi connectivity index (χ0) is 13.0. The number of hydrogen-bond donors (Lipinski definition) is 0. The summed E-state index contributed by atoms with van der Waals surface area (Å²) in [6.45, 7) is 0.658. The van der Waals surface area contributed by atoms with Gasteiger partial charge in [-0.15, -0.1) is 11.6 Å². The van der Waals surface area contributed by atoms with Gasteiger partial charge in [0.1, 0.15) is 5.82 Å². The number of halogens is 1. The molecule has 18 heavy (non-hydrogen) atoms. The third-order valence-electron chi connectivity index (χ3n) is 2.84. The average molecular weight is 260 g/mol. The van der Waals surface area contributed by atoms with E-state index in [0.717, 1.165) is 22.3 Å². The van der Waals surface area contributed by atoms with Crippen LogP contribution < -0.4 is 4.90 Å². The number of aromatic nitrogens is 1. The first-order chi connectivity index (χ1) is 8.76. The van der Waals surface area contributed by atoms with Gasteiger partial charge in [-0.3, -0.25) is 0 Å². The number of nitrogens with zero attached hydrogens (tertiary/aromatic N) is 3. The van der Waals surface area contributed by atoms with E-state index in [1.54, 1.807) is 0 Å². The fraction of sp³-hybridized carbons (Fsp3) is 0.286. The maximum Gasteiger partial charge on any atom is 0.133 e. The maximum absolute atomic E-state index is 8.64. The second kappa shape index (κ2) is 5.70. The zero-order valence-corrected chi connectivity index (χ0v) is 11.0. The molecule has 0 radical (unpaired) electrons. The molecule has 1 heterocycles. The minimum absolute atomic E-state index is 0.421. The number of para-hydroxylation sites is 1. The zero-order valence-electron chi connectivity index (χ0n) is 10.2. The Balaban J connectivity index is 2.45. The largest absolute Gasteiger partial charge is 0.358 e. The second-order valence-electron chi connectivity index (χ2n) is 4.13. The Kier molecular flexibility index (Phi) is 4.01. The summed E-state index contributed by atoms with van der Waals surface area (Å²) in [6, 6.07) is 12.2. The van der Waals surface area contributed by atoms with Crippen LogP contribution in [0.4, 0.5) is 5.82 Å². The van der Waals surface area contributed by atoms with Crippen molar-refractivity contribution in [1.29, 1.82) is 5.26 Å². The number of nitriles is 1. The highest BCUT2D eigenvalue weighted by atomic mass is 35.5. The van der Waals surface area contributed by atoms with E-state index in [4.69, 9.17) is 16.9 Å². The van der Waals surface area contributed by atoms with E-state index in [2.05, 4.69) is 17.1 Å². The van der Waals surface area contributed by atoms with Crippen LogP contribution in [-0.2, 0) is 5.88 Å². The lowest BCUT2D eigenvalue weighted by Gasteiger charge is -2.20. The first-order valence-corrected chi connectivity index (χ1v) is 6.32.